The van der Waals surface area contributed by atoms with Crippen LogP contribution in [0.5, 0.6) is 5.75 Å². The van der Waals surface area contributed by atoms with Crippen molar-refractivity contribution in [3.05, 3.63) is 29.3 Å². The second kappa shape index (κ2) is 5.87. The summed E-state index contributed by atoms with van der Waals surface area (Å²) in [6.45, 7) is 3.60. The number of benzene rings is 1. The zero-order chi connectivity index (χ0) is 13.0. The lowest BCUT2D eigenvalue weighted by Crippen LogP contribution is -2.20. The van der Waals surface area contributed by atoms with Crippen LogP contribution in [0, 0.1) is 0 Å². The van der Waals surface area contributed by atoms with E-state index in [2.05, 4.69) is 24.4 Å². The number of nitrogens with one attached hydrogen (secondary N) is 1. The Morgan fingerprint density at radius 3 is 3.17 bits per heavy atom. The molecule has 1 aliphatic heterocycles. The van der Waals surface area contributed by atoms with E-state index >= 15 is 0 Å². The number of fused-ring (bicyclic) bond motifs is 1. The molecule has 0 saturated heterocycles. The van der Waals surface area contributed by atoms with E-state index in [-0.39, 0.29) is 12.5 Å². The number of carboxylic acids is 1. The summed E-state index contributed by atoms with van der Waals surface area (Å²) in [4.78, 5) is 10.4. The Kier molecular flexibility index (Phi) is 4.20. The molecule has 0 aromatic heterocycles. The van der Waals surface area contributed by atoms with E-state index in [1.54, 1.807) is 0 Å². The van der Waals surface area contributed by atoms with Crippen molar-refractivity contribution in [2.24, 2.45) is 0 Å². The highest BCUT2D eigenvalue weighted by molar-refractivity contribution is 5.66. The first kappa shape index (κ1) is 12.9. The lowest BCUT2D eigenvalue weighted by Gasteiger charge is -2.14. The molecule has 0 radical (unpaired) electrons. The van der Waals surface area contributed by atoms with Gasteiger partial charge in [-0.25, -0.2) is 0 Å². The topological polar surface area (TPSA) is 58.6 Å². The van der Waals surface area contributed by atoms with E-state index in [0.29, 0.717) is 6.42 Å². The van der Waals surface area contributed by atoms with Crippen LogP contribution in [0.4, 0.5) is 0 Å². The first-order valence-corrected chi connectivity index (χ1v) is 6.37. The fraction of sp³-hybridized carbons (Fsp3) is 0.500. The molecular weight excluding hydrogens is 230 g/mol. The molecule has 1 aromatic carbocycles. The van der Waals surface area contributed by atoms with Gasteiger partial charge in [-0.1, -0.05) is 12.1 Å². The maximum Gasteiger partial charge on any atom is 0.303 e. The minimum atomic E-state index is -0.737. The lowest BCUT2D eigenvalue weighted by molar-refractivity contribution is -0.137. The van der Waals surface area contributed by atoms with Crippen molar-refractivity contribution in [2.45, 2.75) is 32.2 Å². The molecule has 0 fully saturated rings. The predicted octanol–water partition coefficient (Wildman–Crippen LogP) is 2.14. The summed E-state index contributed by atoms with van der Waals surface area (Å²) in [5.41, 5.74) is 2.50. The van der Waals surface area contributed by atoms with Gasteiger partial charge in [-0.15, -0.1) is 0 Å². The second-order valence-corrected chi connectivity index (χ2v) is 4.64. The first-order valence-electron chi connectivity index (χ1n) is 6.37. The van der Waals surface area contributed by atoms with Crippen LogP contribution in [0.1, 0.15) is 36.9 Å². The summed E-state index contributed by atoms with van der Waals surface area (Å²) in [5, 5.41) is 11.9. The first-order chi connectivity index (χ1) is 8.66. The average molecular weight is 249 g/mol. The normalized spacial score (nSPS) is 14.9. The molecule has 0 saturated carbocycles. The third kappa shape index (κ3) is 3.23. The van der Waals surface area contributed by atoms with Crippen LogP contribution in [-0.2, 0) is 11.2 Å². The number of hydrogen-bond acceptors (Lipinski definition) is 3. The Bertz CT molecular complexity index is 431. The summed E-state index contributed by atoms with van der Waals surface area (Å²) in [7, 11) is 0. The molecule has 1 aromatic rings. The van der Waals surface area contributed by atoms with Gasteiger partial charge in [0.25, 0.3) is 0 Å². The molecule has 0 aliphatic carbocycles. The monoisotopic (exact) mass is 249 g/mol. The van der Waals surface area contributed by atoms with Gasteiger partial charge in [0.15, 0.2) is 0 Å². The fourth-order valence-corrected chi connectivity index (χ4v) is 2.15. The number of carboxylic acid groups (broad SMARTS) is 1. The maximum atomic E-state index is 10.4. The van der Waals surface area contributed by atoms with Crippen molar-refractivity contribution in [1.29, 1.82) is 0 Å². The Hall–Kier alpha value is -1.55. The molecule has 0 spiro atoms. The van der Waals surface area contributed by atoms with Gasteiger partial charge in [0.1, 0.15) is 5.75 Å². The SMILES string of the molecule is CC(NCCCC(=O)O)c1ccc2c(c1)CCO2. The zero-order valence-electron chi connectivity index (χ0n) is 10.6. The Labute approximate surface area is 107 Å². The molecule has 98 valence electrons. The van der Waals surface area contributed by atoms with E-state index in [9.17, 15) is 4.79 Å². The average Bonchev–Trinajstić information content (AvgIpc) is 2.81. The van der Waals surface area contributed by atoms with E-state index in [1.165, 1.54) is 11.1 Å². The molecule has 18 heavy (non-hydrogen) atoms. The van der Waals surface area contributed by atoms with E-state index < -0.39 is 5.97 Å². The molecule has 1 aliphatic rings. The van der Waals surface area contributed by atoms with Gasteiger partial charge in [0.05, 0.1) is 6.61 Å². The van der Waals surface area contributed by atoms with Crippen molar-refractivity contribution in [2.75, 3.05) is 13.2 Å². The van der Waals surface area contributed by atoms with Crippen LogP contribution < -0.4 is 10.1 Å². The summed E-state index contributed by atoms with van der Waals surface area (Å²) >= 11 is 0. The quantitative estimate of drug-likeness (QED) is 0.758. The van der Waals surface area contributed by atoms with Crippen LogP contribution >= 0.6 is 0 Å². The summed E-state index contributed by atoms with van der Waals surface area (Å²) in [5.74, 6) is 0.260. The fourth-order valence-electron chi connectivity index (χ4n) is 2.15. The minimum absolute atomic E-state index is 0.220. The number of hydrogen-bond donors (Lipinski definition) is 2. The van der Waals surface area contributed by atoms with Gasteiger partial charge in [0.2, 0.25) is 0 Å². The second-order valence-electron chi connectivity index (χ2n) is 4.64. The molecular formula is C14H19NO3. The third-order valence-corrected chi connectivity index (χ3v) is 3.23. The van der Waals surface area contributed by atoms with E-state index in [1.807, 2.05) is 6.07 Å². The van der Waals surface area contributed by atoms with Crippen molar-refractivity contribution in [3.63, 3.8) is 0 Å². The van der Waals surface area contributed by atoms with E-state index in [0.717, 1.165) is 25.3 Å². The molecule has 4 heteroatoms. The van der Waals surface area contributed by atoms with Crippen molar-refractivity contribution >= 4 is 5.97 Å². The molecule has 2 N–H and O–H groups in total. The van der Waals surface area contributed by atoms with E-state index in [4.69, 9.17) is 9.84 Å². The number of aliphatic carboxylic acids is 1. The van der Waals surface area contributed by atoms with Gasteiger partial charge in [-0.3, -0.25) is 4.79 Å². The van der Waals surface area contributed by atoms with Gasteiger partial charge in [-0.05, 0) is 37.1 Å². The molecule has 2 rings (SSSR count). The Balaban J connectivity index is 1.85. The molecule has 1 unspecified atom stereocenters. The largest absolute Gasteiger partial charge is 0.493 e. The van der Waals surface area contributed by atoms with Crippen molar-refractivity contribution in [1.82, 2.24) is 5.32 Å². The van der Waals surface area contributed by atoms with Gasteiger partial charge in [-0.2, -0.15) is 0 Å². The predicted molar refractivity (Wildman–Crippen MR) is 68.9 cm³/mol. The number of rotatable bonds is 6. The molecule has 1 atom stereocenters. The van der Waals surface area contributed by atoms with Crippen LogP contribution in [0.3, 0.4) is 0 Å². The van der Waals surface area contributed by atoms with Gasteiger partial charge < -0.3 is 15.2 Å². The smallest absolute Gasteiger partial charge is 0.303 e. The van der Waals surface area contributed by atoms with Crippen LogP contribution in [0.25, 0.3) is 0 Å². The maximum absolute atomic E-state index is 10.4. The van der Waals surface area contributed by atoms with Crippen molar-refractivity contribution < 1.29 is 14.6 Å². The highest BCUT2D eigenvalue weighted by Gasteiger charge is 2.14. The summed E-state index contributed by atoms with van der Waals surface area (Å²) in [6.07, 6.45) is 1.86. The number of ether oxygens (including phenoxy) is 1. The Morgan fingerprint density at radius 2 is 2.39 bits per heavy atom. The van der Waals surface area contributed by atoms with Crippen LogP contribution in [0.2, 0.25) is 0 Å². The summed E-state index contributed by atoms with van der Waals surface area (Å²) in [6, 6.07) is 6.51. The van der Waals surface area contributed by atoms with Gasteiger partial charge in [0, 0.05) is 18.9 Å². The lowest BCUT2D eigenvalue weighted by atomic mass is 10.0. The molecule has 4 nitrogen and oxygen atoms in total. The Morgan fingerprint density at radius 1 is 1.56 bits per heavy atom. The molecule has 0 bridgehead atoms. The standard InChI is InChI=1S/C14H19NO3/c1-10(15-7-2-3-14(16)17)11-4-5-13-12(9-11)6-8-18-13/h4-5,9-10,15H,2-3,6-8H2,1H3,(H,16,17). The highest BCUT2D eigenvalue weighted by Crippen LogP contribution is 2.27. The minimum Gasteiger partial charge on any atom is -0.493 e. The number of carbonyl (C=O) groups is 1. The zero-order valence-corrected chi connectivity index (χ0v) is 10.6. The third-order valence-electron chi connectivity index (χ3n) is 3.23. The van der Waals surface area contributed by atoms with Gasteiger partial charge >= 0.3 is 5.97 Å². The molecule has 0 amide bonds. The highest BCUT2D eigenvalue weighted by atomic mass is 16.5. The van der Waals surface area contributed by atoms with Crippen molar-refractivity contribution in [3.8, 4) is 5.75 Å². The summed E-state index contributed by atoms with van der Waals surface area (Å²) < 4.78 is 5.47. The van der Waals surface area contributed by atoms with Crippen LogP contribution in [0.15, 0.2) is 18.2 Å². The molecule has 1 heterocycles. The van der Waals surface area contributed by atoms with Crippen LogP contribution in [-0.4, -0.2) is 24.2 Å².